The normalized spacial score (nSPS) is 11.8. The SMILES string of the molecule is Cc1ccc2c(c1)c1cc(-c3ccc4c(c3)c3ccccc3n4-c3ccc(-c4c5ccccc5c(-c5ccccc5)c5ccccc45)cc3)ccc1n2-c1ccccc1C. The highest BCUT2D eigenvalue weighted by molar-refractivity contribution is 6.21. The van der Waals surface area contributed by atoms with Crippen LogP contribution in [0, 0.1) is 13.8 Å². The molecule has 60 heavy (non-hydrogen) atoms. The molecule has 0 radical (unpaired) electrons. The summed E-state index contributed by atoms with van der Waals surface area (Å²) in [5.74, 6) is 0. The predicted molar refractivity (Wildman–Crippen MR) is 256 cm³/mol. The van der Waals surface area contributed by atoms with Gasteiger partial charge in [0.1, 0.15) is 0 Å². The number of aryl methyl sites for hydroxylation is 2. The van der Waals surface area contributed by atoms with Crippen LogP contribution in [0.25, 0.3) is 110 Å². The number of benzene rings is 10. The van der Waals surface area contributed by atoms with Crippen LogP contribution in [-0.2, 0) is 0 Å². The second-order valence-corrected chi connectivity index (χ2v) is 16.2. The zero-order valence-corrected chi connectivity index (χ0v) is 33.5. The third-order valence-electron chi connectivity index (χ3n) is 12.7. The van der Waals surface area contributed by atoms with Crippen molar-refractivity contribution in [3.8, 4) is 44.8 Å². The molecule has 10 aromatic carbocycles. The number of aromatic nitrogens is 2. The lowest BCUT2D eigenvalue weighted by atomic mass is 9.86. The van der Waals surface area contributed by atoms with Gasteiger partial charge in [-0.1, -0.05) is 151 Å². The fraction of sp³-hybridized carbons (Fsp3) is 0.0345. The minimum Gasteiger partial charge on any atom is -0.309 e. The smallest absolute Gasteiger partial charge is 0.0541 e. The molecule has 2 aromatic heterocycles. The maximum Gasteiger partial charge on any atom is 0.0541 e. The van der Waals surface area contributed by atoms with Gasteiger partial charge in [-0.05, 0) is 135 Å². The lowest BCUT2D eigenvalue weighted by molar-refractivity contribution is 1.15. The van der Waals surface area contributed by atoms with Crippen LogP contribution in [0.2, 0.25) is 0 Å². The minimum absolute atomic E-state index is 1.15. The third kappa shape index (κ3) is 5.21. The zero-order chi connectivity index (χ0) is 39.9. The fourth-order valence-electron chi connectivity index (χ4n) is 9.95. The summed E-state index contributed by atoms with van der Waals surface area (Å²) in [5.41, 5.74) is 17.2. The molecule has 12 rings (SSSR count). The predicted octanol–water partition coefficient (Wildman–Crippen LogP) is 15.8. The van der Waals surface area contributed by atoms with Gasteiger partial charge in [0.2, 0.25) is 0 Å². The molecule has 0 fully saturated rings. The van der Waals surface area contributed by atoms with E-state index in [1.54, 1.807) is 0 Å². The summed E-state index contributed by atoms with van der Waals surface area (Å²) in [6.45, 7) is 4.38. The molecule has 2 heteroatoms. The van der Waals surface area contributed by atoms with Crippen LogP contribution in [0.1, 0.15) is 11.1 Å². The monoisotopic (exact) mass is 764 g/mol. The Morgan fingerprint density at radius 1 is 0.283 bits per heavy atom. The Balaban J connectivity index is 0.995. The Morgan fingerprint density at radius 3 is 1.33 bits per heavy atom. The maximum atomic E-state index is 2.43. The zero-order valence-electron chi connectivity index (χ0n) is 33.5. The molecule has 2 nitrogen and oxygen atoms in total. The number of rotatable bonds is 5. The van der Waals surface area contributed by atoms with Crippen LogP contribution in [0.4, 0.5) is 0 Å². The van der Waals surface area contributed by atoms with E-state index in [9.17, 15) is 0 Å². The van der Waals surface area contributed by atoms with E-state index < -0.39 is 0 Å². The van der Waals surface area contributed by atoms with Gasteiger partial charge in [-0.2, -0.15) is 0 Å². The van der Waals surface area contributed by atoms with Crippen molar-refractivity contribution in [1.82, 2.24) is 9.13 Å². The van der Waals surface area contributed by atoms with E-state index in [4.69, 9.17) is 0 Å². The highest BCUT2D eigenvalue weighted by Gasteiger charge is 2.19. The van der Waals surface area contributed by atoms with Crippen LogP contribution >= 0.6 is 0 Å². The highest BCUT2D eigenvalue weighted by Crippen LogP contribution is 2.44. The number of nitrogens with zero attached hydrogens (tertiary/aromatic N) is 2. The van der Waals surface area contributed by atoms with Crippen molar-refractivity contribution in [2.45, 2.75) is 13.8 Å². The maximum absolute atomic E-state index is 2.43. The van der Waals surface area contributed by atoms with E-state index in [2.05, 4.69) is 229 Å². The average Bonchev–Trinajstić information content (AvgIpc) is 3.80. The largest absolute Gasteiger partial charge is 0.309 e. The van der Waals surface area contributed by atoms with Crippen molar-refractivity contribution >= 4 is 65.2 Å². The van der Waals surface area contributed by atoms with Crippen LogP contribution in [0.3, 0.4) is 0 Å². The lowest BCUT2D eigenvalue weighted by Gasteiger charge is -2.18. The van der Waals surface area contributed by atoms with Crippen molar-refractivity contribution < 1.29 is 0 Å². The topological polar surface area (TPSA) is 9.86 Å². The molecule has 0 N–H and O–H groups in total. The summed E-state index contributed by atoms with van der Waals surface area (Å²) >= 11 is 0. The molecule has 0 saturated carbocycles. The highest BCUT2D eigenvalue weighted by atomic mass is 15.0. The molecule has 0 atom stereocenters. The first-order chi connectivity index (χ1) is 29.6. The summed E-state index contributed by atoms with van der Waals surface area (Å²) in [5, 5.41) is 10.1. The van der Waals surface area contributed by atoms with E-state index in [1.807, 2.05) is 0 Å². The molecule has 0 unspecified atom stereocenters. The molecule has 12 aromatic rings. The van der Waals surface area contributed by atoms with Gasteiger partial charge >= 0.3 is 0 Å². The van der Waals surface area contributed by atoms with Gasteiger partial charge in [-0.25, -0.2) is 0 Å². The van der Waals surface area contributed by atoms with Crippen LogP contribution in [-0.4, -0.2) is 9.13 Å². The van der Waals surface area contributed by atoms with Crippen LogP contribution < -0.4 is 0 Å². The van der Waals surface area contributed by atoms with Gasteiger partial charge in [0.15, 0.2) is 0 Å². The number of hydrogen-bond acceptors (Lipinski definition) is 0. The Bertz CT molecular complexity index is 3600. The van der Waals surface area contributed by atoms with Gasteiger partial charge in [0, 0.05) is 32.9 Å². The quantitative estimate of drug-likeness (QED) is 0.155. The van der Waals surface area contributed by atoms with E-state index in [1.165, 1.54) is 115 Å². The molecular weight excluding hydrogens is 725 g/mol. The second-order valence-electron chi connectivity index (χ2n) is 16.2. The molecule has 0 aliphatic rings. The summed E-state index contributed by atoms with van der Waals surface area (Å²) in [4.78, 5) is 0. The van der Waals surface area contributed by atoms with Crippen molar-refractivity contribution in [3.05, 3.63) is 217 Å². The van der Waals surface area contributed by atoms with Gasteiger partial charge in [0.25, 0.3) is 0 Å². The first-order valence-electron chi connectivity index (χ1n) is 20.8. The molecule has 0 amide bonds. The van der Waals surface area contributed by atoms with E-state index >= 15 is 0 Å². The second kappa shape index (κ2) is 13.4. The molecule has 0 bridgehead atoms. The van der Waals surface area contributed by atoms with Crippen molar-refractivity contribution in [3.63, 3.8) is 0 Å². The van der Waals surface area contributed by atoms with Crippen molar-refractivity contribution in [2.24, 2.45) is 0 Å². The summed E-state index contributed by atoms with van der Waals surface area (Å²) < 4.78 is 4.85. The molecule has 0 aliphatic heterocycles. The molecule has 282 valence electrons. The number of hydrogen-bond donors (Lipinski definition) is 0. The molecule has 2 heterocycles. The Hall–Kier alpha value is -7.68. The van der Waals surface area contributed by atoms with Crippen LogP contribution in [0.5, 0.6) is 0 Å². The minimum atomic E-state index is 1.15. The third-order valence-corrected chi connectivity index (χ3v) is 12.7. The Labute approximate surface area is 348 Å². The molecular formula is C58H40N2. The van der Waals surface area contributed by atoms with Gasteiger partial charge < -0.3 is 9.13 Å². The van der Waals surface area contributed by atoms with E-state index in [0.29, 0.717) is 0 Å². The van der Waals surface area contributed by atoms with Gasteiger partial charge in [-0.15, -0.1) is 0 Å². The lowest BCUT2D eigenvalue weighted by Crippen LogP contribution is -1.96. The summed E-state index contributed by atoms with van der Waals surface area (Å²) in [7, 11) is 0. The fourth-order valence-corrected chi connectivity index (χ4v) is 9.95. The Kier molecular flexibility index (Phi) is 7.70. The summed E-state index contributed by atoms with van der Waals surface area (Å²) in [6.07, 6.45) is 0. The van der Waals surface area contributed by atoms with Crippen molar-refractivity contribution in [1.29, 1.82) is 0 Å². The standard InChI is InChI=1S/C58H40N2/c1-37-24-31-55-49(34-37)51-36-42(28-33-56(51)60(55)52-22-12-6-14-38(52)2)41-27-32-54-50(35-41)44-17-11-13-23-53(44)59(54)43-29-25-40(26-30-43)58-47-20-9-7-18-45(47)57(39-15-4-3-5-16-39)46-19-8-10-21-48(46)58/h3-36H,1-2H3. The molecule has 0 saturated heterocycles. The van der Waals surface area contributed by atoms with Gasteiger partial charge in [0.05, 0.1) is 22.1 Å². The first-order valence-corrected chi connectivity index (χ1v) is 20.8. The van der Waals surface area contributed by atoms with Crippen LogP contribution in [0.15, 0.2) is 206 Å². The number of fused-ring (bicyclic) bond motifs is 8. The Morgan fingerprint density at radius 2 is 0.717 bits per heavy atom. The summed E-state index contributed by atoms with van der Waals surface area (Å²) in [6, 6.07) is 76.1. The van der Waals surface area contributed by atoms with E-state index in [0.717, 1.165) is 5.69 Å². The molecule has 0 aliphatic carbocycles. The average molecular weight is 765 g/mol. The first kappa shape index (κ1) is 34.4. The van der Waals surface area contributed by atoms with Gasteiger partial charge in [-0.3, -0.25) is 0 Å². The number of para-hydroxylation sites is 2. The van der Waals surface area contributed by atoms with E-state index in [-0.39, 0.29) is 0 Å². The molecule has 0 spiro atoms. The van der Waals surface area contributed by atoms with Crippen molar-refractivity contribution in [2.75, 3.05) is 0 Å².